The molecule has 8 nitrogen and oxygen atoms in total. The summed E-state index contributed by atoms with van der Waals surface area (Å²) in [6.45, 7) is -0.263. The summed E-state index contributed by atoms with van der Waals surface area (Å²) in [4.78, 5) is 32.5. The van der Waals surface area contributed by atoms with Gasteiger partial charge in [0, 0.05) is 6.07 Å². The van der Waals surface area contributed by atoms with Crippen LogP contribution in [0.25, 0.3) is 0 Å². The van der Waals surface area contributed by atoms with Crippen LogP contribution in [-0.4, -0.2) is 27.1 Å². The van der Waals surface area contributed by atoms with Crippen molar-refractivity contribution in [3.8, 4) is 5.75 Å². The number of nitrogens with zero attached hydrogens (tertiary/aromatic N) is 1. The molecule has 0 saturated heterocycles. The second-order valence-corrected chi connectivity index (χ2v) is 4.50. The van der Waals surface area contributed by atoms with Crippen molar-refractivity contribution in [2.24, 2.45) is 0 Å². The molecule has 0 spiro atoms. The van der Waals surface area contributed by atoms with E-state index in [1.807, 2.05) is 0 Å². The van der Waals surface area contributed by atoms with Crippen molar-refractivity contribution < 1.29 is 29.5 Å². The first-order valence-electron chi connectivity index (χ1n) is 6.36. The van der Waals surface area contributed by atoms with Gasteiger partial charge in [0.2, 0.25) is 0 Å². The van der Waals surface area contributed by atoms with Gasteiger partial charge in [-0.15, -0.1) is 0 Å². The number of nitro groups is 1. The lowest BCUT2D eigenvalue weighted by Crippen LogP contribution is -2.07. The van der Waals surface area contributed by atoms with Gasteiger partial charge in [-0.1, -0.05) is 12.1 Å². The first-order chi connectivity index (χ1) is 10.9. The third-order valence-corrected chi connectivity index (χ3v) is 3.03. The van der Waals surface area contributed by atoms with Crippen molar-refractivity contribution in [3.63, 3.8) is 0 Å². The molecular weight excluding hydrogens is 306 g/mol. The van der Waals surface area contributed by atoms with E-state index in [1.54, 1.807) is 6.07 Å². The Morgan fingerprint density at radius 1 is 1.09 bits per heavy atom. The maximum absolute atomic E-state index is 11.2. The third kappa shape index (κ3) is 3.62. The number of carbonyl (C=O) groups is 2. The molecule has 0 heterocycles. The molecule has 0 atom stereocenters. The Morgan fingerprint density at radius 2 is 1.78 bits per heavy atom. The van der Waals surface area contributed by atoms with Crippen molar-refractivity contribution in [1.29, 1.82) is 0 Å². The normalized spacial score (nSPS) is 10.1. The largest absolute Gasteiger partial charge is 0.488 e. The first-order valence-corrected chi connectivity index (χ1v) is 6.36. The topological polar surface area (TPSA) is 127 Å². The summed E-state index contributed by atoms with van der Waals surface area (Å²) in [6, 6.07) is 9.17. The van der Waals surface area contributed by atoms with Gasteiger partial charge in [0.25, 0.3) is 5.69 Å². The standard InChI is InChI=1S/C15H11NO7/c17-14(18)9-5-6-11(15(19)20)13(7-9)23-8-10-3-1-2-4-12(10)16(21)22/h1-7H,8H2,(H,17,18)(H,19,20). The van der Waals surface area contributed by atoms with Gasteiger partial charge in [-0.2, -0.15) is 0 Å². The molecule has 0 amide bonds. The van der Waals surface area contributed by atoms with E-state index < -0.39 is 16.9 Å². The van der Waals surface area contributed by atoms with Gasteiger partial charge in [0.1, 0.15) is 17.9 Å². The van der Waals surface area contributed by atoms with Crippen LogP contribution in [-0.2, 0) is 6.61 Å². The number of aromatic carboxylic acids is 2. The highest BCUT2D eigenvalue weighted by Crippen LogP contribution is 2.24. The second kappa shape index (κ2) is 6.56. The maximum atomic E-state index is 11.2. The lowest BCUT2D eigenvalue weighted by molar-refractivity contribution is -0.385. The van der Waals surface area contributed by atoms with Gasteiger partial charge in [0.15, 0.2) is 0 Å². The van der Waals surface area contributed by atoms with E-state index in [0.29, 0.717) is 0 Å². The predicted octanol–water partition coefficient (Wildman–Crippen LogP) is 2.57. The quantitative estimate of drug-likeness (QED) is 0.619. The number of benzene rings is 2. The van der Waals surface area contributed by atoms with Gasteiger partial charge < -0.3 is 14.9 Å². The molecule has 0 aliphatic heterocycles. The molecule has 0 unspecified atom stereocenters. The lowest BCUT2D eigenvalue weighted by atomic mass is 10.1. The SMILES string of the molecule is O=C(O)c1ccc(C(=O)O)c(OCc2ccccc2[N+](=O)[O-])c1. The Hall–Kier alpha value is -3.42. The molecule has 8 heteroatoms. The van der Waals surface area contributed by atoms with E-state index >= 15 is 0 Å². The van der Waals surface area contributed by atoms with Gasteiger partial charge >= 0.3 is 11.9 Å². The van der Waals surface area contributed by atoms with Gasteiger partial charge in [0.05, 0.1) is 16.1 Å². The molecule has 0 radical (unpaired) electrons. The van der Waals surface area contributed by atoms with Crippen LogP contribution in [0.15, 0.2) is 42.5 Å². The van der Waals surface area contributed by atoms with Crippen LogP contribution in [0, 0.1) is 10.1 Å². The Labute approximate surface area is 129 Å². The summed E-state index contributed by atoms with van der Waals surface area (Å²) in [5, 5.41) is 29.0. The van der Waals surface area contributed by atoms with Gasteiger partial charge in [-0.3, -0.25) is 10.1 Å². The monoisotopic (exact) mass is 317 g/mol. The van der Waals surface area contributed by atoms with E-state index in [-0.39, 0.29) is 34.7 Å². The summed E-state index contributed by atoms with van der Waals surface area (Å²) in [6.07, 6.45) is 0. The molecule has 0 aliphatic rings. The molecular formula is C15H11NO7. The van der Waals surface area contributed by atoms with Gasteiger partial charge in [-0.25, -0.2) is 9.59 Å². The third-order valence-electron chi connectivity index (χ3n) is 3.03. The average Bonchev–Trinajstić information content (AvgIpc) is 2.52. The number of rotatable bonds is 6. The highest BCUT2D eigenvalue weighted by molar-refractivity contribution is 5.94. The zero-order chi connectivity index (χ0) is 17.0. The molecule has 0 aromatic heterocycles. The molecule has 0 saturated carbocycles. The zero-order valence-corrected chi connectivity index (χ0v) is 11.6. The minimum atomic E-state index is -1.29. The van der Waals surface area contributed by atoms with Crippen LogP contribution in [0.4, 0.5) is 5.69 Å². The van der Waals surface area contributed by atoms with E-state index in [9.17, 15) is 19.7 Å². The molecule has 0 bridgehead atoms. The van der Waals surface area contributed by atoms with Crippen molar-refractivity contribution in [2.75, 3.05) is 0 Å². The van der Waals surface area contributed by atoms with Gasteiger partial charge in [-0.05, 0) is 24.3 Å². The first kappa shape index (κ1) is 16.0. The van der Waals surface area contributed by atoms with E-state index in [4.69, 9.17) is 14.9 Å². The van der Waals surface area contributed by atoms with Crippen molar-refractivity contribution in [2.45, 2.75) is 6.61 Å². The summed E-state index contributed by atoms with van der Waals surface area (Å²) < 4.78 is 5.32. The number of hydrogen-bond donors (Lipinski definition) is 2. The molecule has 23 heavy (non-hydrogen) atoms. The van der Waals surface area contributed by atoms with Crippen LogP contribution in [0.3, 0.4) is 0 Å². The Balaban J connectivity index is 2.33. The van der Waals surface area contributed by atoms with Crippen LogP contribution in [0.1, 0.15) is 26.3 Å². The van der Waals surface area contributed by atoms with E-state index in [1.165, 1.54) is 18.2 Å². The predicted molar refractivity (Wildman–Crippen MR) is 77.8 cm³/mol. The smallest absolute Gasteiger partial charge is 0.339 e. The zero-order valence-electron chi connectivity index (χ0n) is 11.6. The fourth-order valence-corrected chi connectivity index (χ4v) is 1.92. The van der Waals surface area contributed by atoms with Crippen LogP contribution < -0.4 is 4.74 Å². The Bertz CT molecular complexity index is 785. The summed E-state index contributed by atoms with van der Waals surface area (Å²) >= 11 is 0. The van der Waals surface area contributed by atoms with Crippen molar-refractivity contribution in [3.05, 3.63) is 69.3 Å². The molecule has 2 N–H and O–H groups in total. The summed E-state index contributed by atoms with van der Waals surface area (Å²) in [7, 11) is 0. The molecule has 0 fully saturated rings. The average molecular weight is 317 g/mol. The fourth-order valence-electron chi connectivity index (χ4n) is 1.92. The van der Waals surface area contributed by atoms with Crippen molar-refractivity contribution >= 4 is 17.6 Å². The van der Waals surface area contributed by atoms with Crippen LogP contribution >= 0.6 is 0 Å². The van der Waals surface area contributed by atoms with Crippen molar-refractivity contribution in [1.82, 2.24) is 0 Å². The minimum Gasteiger partial charge on any atom is -0.488 e. The van der Waals surface area contributed by atoms with Crippen LogP contribution in [0.2, 0.25) is 0 Å². The highest BCUT2D eigenvalue weighted by Gasteiger charge is 2.17. The molecule has 2 aromatic rings. The number of ether oxygens (including phenoxy) is 1. The Morgan fingerprint density at radius 3 is 2.39 bits per heavy atom. The second-order valence-electron chi connectivity index (χ2n) is 4.50. The summed E-state index contributed by atoms with van der Waals surface area (Å²) in [5.41, 5.74) is -0.297. The molecule has 118 valence electrons. The minimum absolute atomic E-state index is 0.146. The van der Waals surface area contributed by atoms with E-state index in [2.05, 4.69) is 0 Å². The number of para-hydroxylation sites is 1. The number of carboxylic acids is 2. The number of nitro benzene ring substituents is 1. The molecule has 2 rings (SSSR count). The summed E-state index contributed by atoms with van der Waals surface area (Å²) in [5.74, 6) is -2.70. The number of hydrogen-bond acceptors (Lipinski definition) is 5. The highest BCUT2D eigenvalue weighted by atomic mass is 16.6. The fraction of sp³-hybridized carbons (Fsp3) is 0.0667. The molecule has 0 aliphatic carbocycles. The molecule has 2 aromatic carbocycles. The number of carboxylic acid groups (broad SMARTS) is 2. The lowest BCUT2D eigenvalue weighted by Gasteiger charge is -2.10. The Kier molecular flexibility index (Phi) is 4.55. The maximum Gasteiger partial charge on any atom is 0.339 e. The van der Waals surface area contributed by atoms with Crippen LogP contribution in [0.5, 0.6) is 5.75 Å². The van der Waals surface area contributed by atoms with E-state index in [0.717, 1.165) is 18.2 Å².